The van der Waals surface area contributed by atoms with Crippen LogP contribution in [0.25, 0.3) is 11.0 Å². The second kappa shape index (κ2) is 8.25. The summed E-state index contributed by atoms with van der Waals surface area (Å²) in [5.41, 5.74) is -0.568. The molecule has 0 radical (unpaired) electrons. The number of carboxylic acid groups (broad SMARTS) is 1. The predicted molar refractivity (Wildman–Crippen MR) is 109 cm³/mol. The van der Waals surface area contributed by atoms with Gasteiger partial charge in [-0.05, 0) is 35.9 Å². The highest BCUT2D eigenvalue weighted by Crippen LogP contribution is 2.16. The Hall–Kier alpha value is -3.24. The van der Waals surface area contributed by atoms with Crippen LogP contribution in [0, 0.1) is 0 Å². The predicted octanol–water partition coefficient (Wildman–Crippen LogP) is 1.47. The number of nitrogens with one attached hydrogen (secondary N) is 1. The molecule has 0 aliphatic carbocycles. The van der Waals surface area contributed by atoms with Gasteiger partial charge < -0.3 is 10.4 Å². The number of carbonyl (C=O) groups is 2. The normalized spacial score (nSPS) is 11.4. The number of aromatic nitrogens is 2. The van der Waals surface area contributed by atoms with Gasteiger partial charge in [-0.25, -0.2) is 13.4 Å². The van der Waals surface area contributed by atoms with Crippen molar-refractivity contribution in [1.82, 2.24) is 14.9 Å². The third-order valence-electron chi connectivity index (χ3n) is 4.20. The minimum Gasteiger partial charge on any atom is -0.480 e. The fourth-order valence-electron chi connectivity index (χ4n) is 2.76. The minimum atomic E-state index is -3.68. The first-order valence-corrected chi connectivity index (χ1v) is 10.8. The number of sulfone groups is 1. The molecule has 0 fully saturated rings. The van der Waals surface area contributed by atoms with Gasteiger partial charge in [0.2, 0.25) is 0 Å². The van der Waals surface area contributed by atoms with Crippen molar-refractivity contribution in [3.05, 3.63) is 69.0 Å². The maximum atomic E-state index is 12.8. The van der Waals surface area contributed by atoms with Crippen LogP contribution in [0.2, 0.25) is 5.02 Å². The zero-order chi connectivity index (χ0) is 22.1. The second-order valence-corrected chi connectivity index (χ2v) is 8.89. The average molecular weight is 450 g/mol. The van der Waals surface area contributed by atoms with Gasteiger partial charge in [-0.1, -0.05) is 23.7 Å². The number of amides is 1. The number of pyridine rings is 2. The van der Waals surface area contributed by atoms with Crippen LogP contribution in [0.15, 0.2) is 52.3 Å². The minimum absolute atomic E-state index is 0.123. The second-order valence-electron chi connectivity index (χ2n) is 6.49. The van der Waals surface area contributed by atoms with E-state index >= 15 is 0 Å². The van der Waals surface area contributed by atoms with Crippen molar-refractivity contribution >= 4 is 44.3 Å². The van der Waals surface area contributed by atoms with E-state index in [2.05, 4.69) is 10.3 Å². The molecule has 0 bridgehead atoms. The van der Waals surface area contributed by atoms with E-state index in [9.17, 15) is 22.8 Å². The molecule has 0 saturated carbocycles. The van der Waals surface area contributed by atoms with Gasteiger partial charge in [-0.15, -0.1) is 0 Å². The third-order valence-corrected chi connectivity index (χ3v) is 5.43. The Labute approximate surface area is 175 Å². The van der Waals surface area contributed by atoms with E-state index in [1.807, 2.05) is 0 Å². The standard InChI is InChI=1S/C19H16ClN3O6S/c1-30(28,29)15-7-4-12-8-14(19(27)23(10-16(24)25)17(12)22-15)18(26)21-9-11-2-5-13(20)6-3-11/h2-8H,9-10H2,1H3,(H,21,26)(H,24,25). The van der Waals surface area contributed by atoms with Gasteiger partial charge in [0.15, 0.2) is 14.9 Å². The van der Waals surface area contributed by atoms with Gasteiger partial charge >= 0.3 is 5.97 Å². The maximum absolute atomic E-state index is 12.8. The van der Waals surface area contributed by atoms with Crippen LogP contribution >= 0.6 is 11.6 Å². The molecule has 0 atom stereocenters. The van der Waals surface area contributed by atoms with E-state index in [0.29, 0.717) is 5.02 Å². The van der Waals surface area contributed by atoms with Crippen molar-refractivity contribution < 1.29 is 23.1 Å². The number of hydrogen-bond donors (Lipinski definition) is 2. The van der Waals surface area contributed by atoms with Crippen molar-refractivity contribution in [2.24, 2.45) is 0 Å². The third kappa shape index (κ3) is 4.66. The van der Waals surface area contributed by atoms with Crippen LogP contribution in [0.1, 0.15) is 15.9 Å². The van der Waals surface area contributed by atoms with Gasteiger partial charge in [0, 0.05) is 23.2 Å². The Morgan fingerprint density at radius 2 is 1.83 bits per heavy atom. The average Bonchev–Trinajstić information content (AvgIpc) is 2.68. The summed E-state index contributed by atoms with van der Waals surface area (Å²) < 4.78 is 24.3. The summed E-state index contributed by atoms with van der Waals surface area (Å²) in [6, 6.07) is 10.6. The molecule has 3 rings (SSSR count). The van der Waals surface area contributed by atoms with Crippen molar-refractivity contribution in [3.63, 3.8) is 0 Å². The molecule has 0 saturated heterocycles. The molecule has 0 spiro atoms. The molecular weight excluding hydrogens is 434 g/mol. The molecule has 30 heavy (non-hydrogen) atoms. The first-order chi connectivity index (χ1) is 14.1. The van der Waals surface area contributed by atoms with E-state index in [-0.39, 0.29) is 28.2 Å². The van der Waals surface area contributed by atoms with Gasteiger partial charge in [0.25, 0.3) is 11.5 Å². The maximum Gasteiger partial charge on any atom is 0.323 e. The lowest BCUT2D eigenvalue weighted by Gasteiger charge is -2.12. The highest BCUT2D eigenvalue weighted by atomic mass is 35.5. The van der Waals surface area contributed by atoms with E-state index in [1.54, 1.807) is 24.3 Å². The van der Waals surface area contributed by atoms with E-state index in [0.717, 1.165) is 16.4 Å². The highest BCUT2D eigenvalue weighted by Gasteiger charge is 2.19. The van der Waals surface area contributed by atoms with Crippen LogP contribution in [-0.2, 0) is 27.7 Å². The quantitative estimate of drug-likeness (QED) is 0.581. The number of carboxylic acids is 1. The first kappa shape index (κ1) is 21.5. The molecule has 2 heterocycles. The molecular formula is C19H16ClN3O6S. The summed E-state index contributed by atoms with van der Waals surface area (Å²) >= 11 is 5.82. The Kier molecular flexibility index (Phi) is 5.90. The number of nitrogens with zero attached hydrogens (tertiary/aromatic N) is 2. The molecule has 0 aliphatic heterocycles. The zero-order valence-electron chi connectivity index (χ0n) is 15.6. The fraction of sp³-hybridized carbons (Fsp3) is 0.158. The van der Waals surface area contributed by atoms with E-state index in [1.165, 1.54) is 18.2 Å². The van der Waals surface area contributed by atoms with Gasteiger partial charge in [-0.2, -0.15) is 0 Å². The molecule has 9 nitrogen and oxygen atoms in total. The Balaban J connectivity index is 2.05. The van der Waals surface area contributed by atoms with E-state index in [4.69, 9.17) is 16.7 Å². The largest absolute Gasteiger partial charge is 0.480 e. The van der Waals surface area contributed by atoms with Crippen LogP contribution in [-0.4, -0.2) is 41.2 Å². The number of fused-ring (bicyclic) bond motifs is 1. The topological polar surface area (TPSA) is 135 Å². The lowest BCUT2D eigenvalue weighted by molar-refractivity contribution is -0.137. The van der Waals surface area contributed by atoms with E-state index < -0.39 is 33.8 Å². The van der Waals surface area contributed by atoms with Crippen LogP contribution in [0.5, 0.6) is 0 Å². The Morgan fingerprint density at radius 1 is 1.17 bits per heavy atom. The summed E-state index contributed by atoms with van der Waals surface area (Å²) in [4.78, 5) is 40.6. The van der Waals surface area contributed by atoms with Crippen LogP contribution in [0.4, 0.5) is 0 Å². The summed E-state index contributed by atoms with van der Waals surface area (Å²) in [5, 5.41) is 12.2. The molecule has 2 aromatic heterocycles. The lowest BCUT2D eigenvalue weighted by atomic mass is 10.1. The SMILES string of the molecule is CS(=O)(=O)c1ccc2cc(C(=O)NCc3ccc(Cl)cc3)c(=O)n(CC(=O)O)c2n1. The molecule has 156 valence electrons. The molecule has 2 N–H and O–H groups in total. The number of halogens is 1. The van der Waals surface area contributed by atoms with Crippen molar-refractivity contribution in [3.8, 4) is 0 Å². The molecule has 11 heteroatoms. The smallest absolute Gasteiger partial charge is 0.323 e. The monoisotopic (exact) mass is 449 g/mol. The number of rotatable bonds is 6. The van der Waals surface area contributed by atoms with Gasteiger partial charge in [-0.3, -0.25) is 19.0 Å². The molecule has 0 aliphatic rings. The summed E-state index contributed by atoms with van der Waals surface area (Å²) in [6.07, 6.45) is 0.944. The Morgan fingerprint density at radius 3 is 2.43 bits per heavy atom. The molecule has 0 unspecified atom stereocenters. The highest BCUT2D eigenvalue weighted by molar-refractivity contribution is 7.90. The van der Waals surface area contributed by atoms with Gasteiger partial charge in [0.05, 0.1) is 0 Å². The summed E-state index contributed by atoms with van der Waals surface area (Å²) in [7, 11) is -3.68. The van der Waals surface area contributed by atoms with Gasteiger partial charge in [0.1, 0.15) is 17.8 Å². The molecule has 1 amide bonds. The van der Waals surface area contributed by atoms with Crippen molar-refractivity contribution in [2.45, 2.75) is 18.1 Å². The number of benzene rings is 1. The Bertz CT molecular complexity index is 1320. The molecule has 1 aromatic carbocycles. The lowest BCUT2D eigenvalue weighted by Crippen LogP contribution is -2.34. The number of carbonyl (C=O) groups excluding carboxylic acids is 1. The molecule has 3 aromatic rings. The van der Waals surface area contributed by atoms with Crippen LogP contribution in [0.3, 0.4) is 0 Å². The summed E-state index contributed by atoms with van der Waals surface area (Å²) in [6.45, 7) is -0.661. The fourth-order valence-corrected chi connectivity index (χ4v) is 3.45. The van der Waals surface area contributed by atoms with Crippen molar-refractivity contribution in [2.75, 3.05) is 6.26 Å². The first-order valence-electron chi connectivity index (χ1n) is 8.55. The zero-order valence-corrected chi connectivity index (χ0v) is 17.2. The summed E-state index contributed by atoms with van der Waals surface area (Å²) in [5.74, 6) is -2.05. The number of hydrogen-bond acceptors (Lipinski definition) is 6. The van der Waals surface area contributed by atoms with Crippen LogP contribution < -0.4 is 10.9 Å². The van der Waals surface area contributed by atoms with Crippen molar-refractivity contribution in [1.29, 1.82) is 0 Å². The number of aliphatic carboxylic acids is 1.